The standard InChI is InChI=1S/C125H84N8O4/c1-5-9-69-134-101-57-33-81-73-97(37-29-85(81)77-101)122(105-21-13-61-126-113(105)114-106(122)22-14-62-127-114)93-49-41-89(42-50-93)121(90-43-51-94(52-44-90)123(107-23-15-63-128-115(107)116-108(123)24-16-64-129-116)98-38-30-86-78-102(135-70-10-6-2)58-34-82(86)74-98,91-45-53-95(54-46-91)124(109-25-17-65-130-117(109)118-110(124)26-18-66-131-118)99-39-31-87-79-103(136-71-11-7-3)59-35-83(87)75-99)92-47-55-96(56-48-92)125(111-27-19-67-132-119(111)120-112(125)28-20-68-133-120)100-40-32-88-80-104(137-72-12-8-4)60-36-84(88)76-100/h13-68,73-80H,69-72H2,1-4H3. The Balaban J connectivity index is 0.777. The molecule has 8 heterocycles. The van der Waals surface area contributed by atoms with Gasteiger partial charge in [-0.25, -0.2) is 0 Å². The Kier molecular flexibility index (Phi) is 20.2. The summed E-state index contributed by atoms with van der Waals surface area (Å²) in [5, 5.41) is 8.36. The van der Waals surface area contributed by atoms with Crippen molar-refractivity contribution in [3.63, 3.8) is 0 Å². The van der Waals surface area contributed by atoms with Crippen LogP contribution in [-0.2, 0) is 27.1 Å². The lowest BCUT2D eigenvalue weighted by atomic mass is 9.61. The average molecular weight is 1760 g/mol. The Hall–Kier alpha value is -17.7. The molecule has 0 spiro atoms. The fourth-order valence-corrected chi connectivity index (χ4v) is 22.7. The summed E-state index contributed by atoms with van der Waals surface area (Å²) in [6.07, 6.45) is 15.1. The first-order valence-electron chi connectivity index (χ1n) is 46.1. The first-order valence-corrected chi connectivity index (χ1v) is 46.1. The molecule has 0 saturated carbocycles. The van der Waals surface area contributed by atoms with Gasteiger partial charge in [-0.15, -0.1) is 23.7 Å². The number of benzene rings is 12. The summed E-state index contributed by atoms with van der Waals surface area (Å²) < 4.78 is 24.8. The van der Waals surface area contributed by atoms with Gasteiger partial charge in [0.1, 0.15) is 49.4 Å². The van der Waals surface area contributed by atoms with Gasteiger partial charge in [0.15, 0.2) is 0 Å². The minimum Gasteiger partial charge on any atom is -0.481 e. The Morgan fingerprint density at radius 1 is 0.197 bits per heavy atom. The predicted molar refractivity (Wildman–Crippen MR) is 542 cm³/mol. The van der Waals surface area contributed by atoms with Crippen molar-refractivity contribution in [3.8, 4) is 116 Å². The Morgan fingerprint density at radius 3 is 0.547 bits per heavy atom. The van der Waals surface area contributed by atoms with Crippen molar-refractivity contribution >= 4 is 43.1 Å². The molecule has 0 saturated heterocycles. The molecular weight excluding hydrogens is 1680 g/mol. The molecule has 0 atom stereocenters. The van der Waals surface area contributed by atoms with Crippen LogP contribution in [0.5, 0.6) is 23.0 Å². The third kappa shape index (κ3) is 12.8. The Morgan fingerprint density at radius 2 is 0.365 bits per heavy atom. The molecule has 12 aromatic carbocycles. The average Bonchev–Trinajstić information content (AvgIpc) is 1.57. The van der Waals surface area contributed by atoms with E-state index in [4.69, 9.17) is 58.8 Å². The molecule has 12 heteroatoms. The van der Waals surface area contributed by atoms with E-state index in [-0.39, 0.29) is 0 Å². The number of fused-ring (bicyclic) bond motifs is 16. The number of nitrogens with zero attached hydrogens (tertiary/aromatic N) is 8. The van der Waals surface area contributed by atoms with E-state index >= 15 is 0 Å². The zero-order chi connectivity index (χ0) is 91.8. The minimum absolute atomic E-state index is 0.291. The third-order valence-electron chi connectivity index (χ3n) is 28.5. The van der Waals surface area contributed by atoms with Crippen LogP contribution in [0.15, 0.2) is 389 Å². The van der Waals surface area contributed by atoms with Gasteiger partial charge in [0.05, 0.1) is 72.6 Å². The van der Waals surface area contributed by atoms with E-state index in [9.17, 15) is 0 Å². The second-order valence-corrected chi connectivity index (χ2v) is 35.0. The van der Waals surface area contributed by atoms with E-state index < -0.39 is 27.1 Å². The maximum Gasteiger partial charge on any atom is 0.149 e. The maximum atomic E-state index is 6.19. The van der Waals surface area contributed by atoms with Crippen molar-refractivity contribution in [1.82, 2.24) is 39.9 Å². The van der Waals surface area contributed by atoms with Gasteiger partial charge >= 0.3 is 0 Å². The van der Waals surface area contributed by atoms with Crippen LogP contribution in [0.3, 0.4) is 0 Å². The van der Waals surface area contributed by atoms with Crippen LogP contribution in [0.25, 0.3) is 88.6 Å². The van der Waals surface area contributed by atoms with Gasteiger partial charge in [-0.05, 0) is 303 Å². The highest BCUT2D eigenvalue weighted by Gasteiger charge is 2.54. The maximum absolute atomic E-state index is 6.19. The van der Waals surface area contributed by atoms with Crippen molar-refractivity contribution in [2.75, 3.05) is 26.4 Å². The van der Waals surface area contributed by atoms with Crippen molar-refractivity contribution in [2.45, 2.75) is 54.8 Å². The zero-order valence-electron chi connectivity index (χ0n) is 75.5. The molecule has 12 nitrogen and oxygen atoms in total. The van der Waals surface area contributed by atoms with Gasteiger partial charge in [0, 0.05) is 49.6 Å². The van der Waals surface area contributed by atoms with Crippen LogP contribution < -0.4 is 18.9 Å². The summed E-state index contributed by atoms with van der Waals surface area (Å²) in [5.41, 5.74) is 22.3. The van der Waals surface area contributed by atoms with Crippen LogP contribution >= 0.6 is 0 Å². The van der Waals surface area contributed by atoms with Crippen molar-refractivity contribution in [2.24, 2.45) is 0 Å². The first kappa shape index (κ1) is 82.5. The lowest BCUT2D eigenvalue weighted by Crippen LogP contribution is -2.34. The number of ether oxygens (including phenoxy) is 4. The number of rotatable bonds is 20. The summed E-state index contributed by atoms with van der Waals surface area (Å²) in [6, 6.07) is 125. The molecule has 0 unspecified atom stereocenters. The highest BCUT2D eigenvalue weighted by molar-refractivity contribution is 5.94. The lowest BCUT2D eigenvalue weighted by Gasteiger charge is -2.40. The summed E-state index contributed by atoms with van der Waals surface area (Å²) >= 11 is 0. The molecule has 0 radical (unpaired) electrons. The Labute approximate surface area is 794 Å². The zero-order valence-corrected chi connectivity index (χ0v) is 75.5. The molecule has 0 fully saturated rings. The summed E-state index contributed by atoms with van der Waals surface area (Å²) in [5.74, 6) is 27.2. The van der Waals surface area contributed by atoms with E-state index in [1.807, 2.05) is 102 Å². The third-order valence-corrected chi connectivity index (χ3v) is 28.5. The molecule has 0 aliphatic heterocycles. The number of pyridine rings is 8. The first-order chi connectivity index (χ1) is 67.7. The molecule has 4 aliphatic carbocycles. The van der Waals surface area contributed by atoms with Crippen LogP contribution in [0, 0.1) is 47.4 Å². The molecule has 648 valence electrons. The molecule has 0 bridgehead atoms. The second kappa shape index (κ2) is 33.6. The van der Waals surface area contributed by atoms with Gasteiger partial charge in [-0.3, -0.25) is 39.9 Å². The van der Waals surface area contributed by atoms with Crippen LogP contribution in [0.4, 0.5) is 0 Å². The lowest BCUT2D eigenvalue weighted by molar-refractivity contribution is 0.370. The van der Waals surface area contributed by atoms with Crippen molar-refractivity contribution in [3.05, 3.63) is 501 Å². The van der Waals surface area contributed by atoms with E-state index in [2.05, 4.69) is 363 Å². The summed E-state index contributed by atoms with van der Waals surface area (Å²) in [4.78, 5) is 41.9. The highest BCUT2D eigenvalue weighted by atomic mass is 16.5. The van der Waals surface area contributed by atoms with Gasteiger partial charge < -0.3 is 18.9 Å². The number of aromatic nitrogens is 8. The highest BCUT2D eigenvalue weighted by Crippen LogP contribution is 2.62. The fourth-order valence-electron chi connectivity index (χ4n) is 22.7. The molecule has 4 aliphatic rings. The van der Waals surface area contributed by atoms with Gasteiger partial charge in [-0.2, -0.15) is 0 Å². The number of hydrogen-bond acceptors (Lipinski definition) is 12. The van der Waals surface area contributed by atoms with E-state index in [1.54, 1.807) is 0 Å². The molecule has 0 N–H and O–H groups in total. The van der Waals surface area contributed by atoms with Crippen LogP contribution in [-0.4, -0.2) is 66.3 Å². The SMILES string of the molecule is CC#CCOc1ccc2cc(C3(c4ccc(C(c5ccc(C6(c7ccc8cc(OCC#CC)ccc8c7)c7cccnc7-c7ncccc76)cc5)(c5ccc(C6(c7ccc8cc(OCC#CC)ccc8c7)c7cccnc7-c7ncccc76)cc5)c5ccc(C6(c7ccc8cc(OCC#CC)ccc8c7)c7cccnc7-c7ncccc76)cc5)cc4)c4cccnc4-c4ncccc43)ccc2c1. The molecule has 20 aromatic rings. The topological polar surface area (TPSA) is 140 Å². The molecule has 0 amide bonds. The second-order valence-electron chi connectivity index (χ2n) is 35.0. The van der Waals surface area contributed by atoms with Gasteiger partial charge in [0.25, 0.3) is 0 Å². The quantitative estimate of drug-likeness (QED) is 0.0530. The predicted octanol–water partition coefficient (Wildman–Crippen LogP) is 24.9. The van der Waals surface area contributed by atoms with Crippen LogP contribution in [0.1, 0.15) is 139 Å². The van der Waals surface area contributed by atoms with Crippen molar-refractivity contribution in [1.29, 1.82) is 0 Å². The Bertz CT molecular complexity index is 7410. The molecule has 137 heavy (non-hydrogen) atoms. The van der Waals surface area contributed by atoms with Crippen molar-refractivity contribution < 1.29 is 18.9 Å². The number of hydrogen-bond donors (Lipinski definition) is 0. The molecule has 8 aromatic heterocycles. The summed E-state index contributed by atoms with van der Waals surface area (Å²) in [7, 11) is 0. The van der Waals surface area contributed by atoms with Gasteiger partial charge in [-0.1, -0.05) is 242 Å². The largest absolute Gasteiger partial charge is 0.481 e. The van der Waals surface area contributed by atoms with E-state index in [1.165, 1.54) is 0 Å². The van der Waals surface area contributed by atoms with Gasteiger partial charge in [0.2, 0.25) is 0 Å². The normalized spacial score (nSPS) is 13.5. The molecule has 24 rings (SSSR count). The van der Waals surface area contributed by atoms with E-state index in [0.717, 1.165) is 223 Å². The minimum atomic E-state index is -1.20. The van der Waals surface area contributed by atoms with Crippen LogP contribution in [0.2, 0.25) is 0 Å². The monoisotopic (exact) mass is 1760 g/mol. The van der Waals surface area contributed by atoms with E-state index in [0.29, 0.717) is 26.4 Å². The fraction of sp³-hybridized carbons (Fsp3) is 0.104. The summed E-state index contributed by atoms with van der Waals surface area (Å²) in [6.45, 7) is 8.48. The smallest absolute Gasteiger partial charge is 0.149 e. The molecular formula is C125H84N8O4.